The third-order valence-electron chi connectivity index (χ3n) is 2.44. The van der Waals surface area contributed by atoms with Crippen molar-refractivity contribution < 1.29 is 19.1 Å². The Morgan fingerprint density at radius 3 is 2.29 bits per heavy atom. The molecule has 80 valence electrons. The van der Waals surface area contributed by atoms with E-state index >= 15 is 0 Å². The minimum Gasteiger partial charge on any atom is -0.393 e. The minimum absolute atomic E-state index is 0.243. The van der Waals surface area contributed by atoms with Gasteiger partial charge in [-0.2, -0.15) is 0 Å². The van der Waals surface area contributed by atoms with Gasteiger partial charge in [-0.15, -0.1) is 0 Å². The van der Waals surface area contributed by atoms with Crippen LogP contribution in [-0.2, 0) is 19.1 Å². The number of hydrogen-bond acceptors (Lipinski definition) is 4. The smallest absolute Gasteiger partial charge is 0.319 e. The van der Waals surface area contributed by atoms with Crippen LogP contribution in [0.1, 0.15) is 20.8 Å². The predicted molar refractivity (Wildman–Crippen MR) is 49.4 cm³/mol. The molecule has 0 radical (unpaired) electrons. The van der Waals surface area contributed by atoms with E-state index in [0.29, 0.717) is 0 Å². The number of carbonyl (C=O) groups is 2. The molecule has 0 bridgehead atoms. The molecule has 1 fully saturated rings. The van der Waals surface area contributed by atoms with E-state index in [-0.39, 0.29) is 12.0 Å². The molecule has 1 rings (SSSR count). The van der Waals surface area contributed by atoms with Crippen LogP contribution in [0.25, 0.3) is 0 Å². The maximum absolute atomic E-state index is 11.4. The van der Waals surface area contributed by atoms with Gasteiger partial charge in [0.15, 0.2) is 0 Å². The van der Waals surface area contributed by atoms with Crippen LogP contribution < -0.4 is 0 Å². The lowest BCUT2D eigenvalue weighted by Crippen LogP contribution is -2.33. The topological polar surface area (TPSA) is 52.6 Å². The van der Waals surface area contributed by atoms with E-state index in [4.69, 9.17) is 4.74 Å². The van der Waals surface area contributed by atoms with Crippen molar-refractivity contribution >= 4 is 11.9 Å². The zero-order chi connectivity index (χ0) is 10.9. The molecule has 0 aliphatic carbocycles. The van der Waals surface area contributed by atoms with E-state index in [1.54, 1.807) is 0 Å². The van der Waals surface area contributed by atoms with Crippen molar-refractivity contribution in [2.75, 3.05) is 13.7 Å². The maximum atomic E-state index is 11.4. The number of cyclic esters (lactones) is 2. The van der Waals surface area contributed by atoms with Gasteiger partial charge in [0.25, 0.3) is 0 Å². The molecule has 1 aliphatic rings. The van der Waals surface area contributed by atoms with Gasteiger partial charge in [-0.1, -0.05) is 20.8 Å². The number of hydrogen-bond donors (Lipinski definition) is 0. The maximum Gasteiger partial charge on any atom is 0.319 e. The number of carbonyl (C=O) groups excluding carboxylic acids is 2. The van der Waals surface area contributed by atoms with Gasteiger partial charge >= 0.3 is 11.9 Å². The van der Waals surface area contributed by atoms with Crippen molar-refractivity contribution in [2.24, 2.45) is 17.3 Å². The summed E-state index contributed by atoms with van der Waals surface area (Å²) >= 11 is 0. The van der Waals surface area contributed by atoms with Crippen molar-refractivity contribution in [3.63, 3.8) is 0 Å². The van der Waals surface area contributed by atoms with Crippen LogP contribution in [0.15, 0.2) is 0 Å². The Kier molecular flexibility index (Phi) is 2.95. The zero-order valence-corrected chi connectivity index (χ0v) is 8.99. The molecule has 1 saturated heterocycles. The van der Waals surface area contributed by atoms with Crippen molar-refractivity contribution in [3.05, 3.63) is 0 Å². The third-order valence-corrected chi connectivity index (χ3v) is 2.44. The lowest BCUT2D eigenvalue weighted by molar-refractivity contribution is -0.154. The summed E-state index contributed by atoms with van der Waals surface area (Å²) in [6.45, 7) is 5.99. The summed E-state index contributed by atoms with van der Waals surface area (Å²) in [6.07, 6.45) is 0. The second kappa shape index (κ2) is 3.69. The van der Waals surface area contributed by atoms with Crippen molar-refractivity contribution in [1.29, 1.82) is 0 Å². The molecule has 0 saturated carbocycles. The molecule has 1 heterocycles. The van der Waals surface area contributed by atoms with Crippen molar-refractivity contribution in [2.45, 2.75) is 20.8 Å². The van der Waals surface area contributed by atoms with Crippen LogP contribution in [0.4, 0.5) is 0 Å². The first-order valence-electron chi connectivity index (χ1n) is 4.62. The molecule has 0 N–H and O–H groups in total. The summed E-state index contributed by atoms with van der Waals surface area (Å²) in [5.74, 6) is -1.73. The Hall–Kier alpha value is -0.900. The standard InChI is InChI=1S/C10H16O4/c1-10(2,3)7-6(5-13-4)8(11)14-9(7)12/h6-7H,5H2,1-4H3. The number of methoxy groups -OCH3 is 1. The molecule has 2 atom stereocenters. The summed E-state index contributed by atoms with van der Waals surface area (Å²) in [7, 11) is 1.51. The summed E-state index contributed by atoms with van der Waals surface area (Å²) in [5, 5.41) is 0. The lowest BCUT2D eigenvalue weighted by Gasteiger charge is -2.26. The normalized spacial score (nSPS) is 28.0. The summed E-state index contributed by atoms with van der Waals surface area (Å²) in [5.41, 5.74) is -0.271. The van der Waals surface area contributed by atoms with E-state index in [2.05, 4.69) is 4.74 Å². The van der Waals surface area contributed by atoms with Crippen LogP contribution in [-0.4, -0.2) is 25.7 Å². The van der Waals surface area contributed by atoms with Gasteiger partial charge in [-0.25, -0.2) is 0 Å². The molecular formula is C10H16O4. The summed E-state index contributed by atoms with van der Waals surface area (Å²) in [4.78, 5) is 22.7. The monoisotopic (exact) mass is 200 g/mol. The molecule has 0 amide bonds. The van der Waals surface area contributed by atoms with Gasteiger partial charge in [0.2, 0.25) is 0 Å². The van der Waals surface area contributed by atoms with E-state index in [1.165, 1.54) is 7.11 Å². The van der Waals surface area contributed by atoms with Gasteiger partial charge in [0, 0.05) is 7.11 Å². The van der Waals surface area contributed by atoms with Gasteiger partial charge in [0.05, 0.1) is 18.4 Å². The first-order chi connectivity index (χ1) is 6.38. The number of ether oxygens (including phenoxy) is 2. The number of esters is 2. The second-order valence-corrected chi connectivity index (χ2v) is 4.65. The van der Waals surface area contributed by atoms with Crippen LogP contribution in [0.3, 0.4) is 0 Å². The quantitative estimate of drug-likeness (QED) is 0.493. The van der Waals surface area contributed by atoms with Crippen LogP contribution in [0.5, 0.6) is 0 Å². The largest absolute Gasteiger partial charge is 0.393 e. The SMILES string of the molecule is COCC1C(=O)OC(=O)C1C(C)(C)C. The van der Waals surface area contributed by atoms with Crippen LogP contribution >= 0.6 is 0 Å². The van der Waals surface area contributed by atoms with Crippen LogP contribution in [0, 0.1) is 17.3 Å². The van der Waals surface area contributed by atoms with Gasteiger partial charge in [-0.3, -0.25) is 9.59 Å². The number of rotatable bonds is 2. The highest BCUT2D eigenvalue weighted by molar-refractivity contribution is 5.96. The fraction of sp³-hybridized carbons (Fsp3) is 0.800. The van der Waals surface area contributed by atoms with Gasteiger partial charge in [0.1, 0.15) is 0 Å². The Bertz CT molecular complexity index is 251. The first kappa shape index (κ1) is 11.2. The molecule has 1 aliphatic heterocycles. The third kappa shape index (κ3) is 1.95. The second-order valence-electron chi connectivity index (χ2n) is 4.65. The molecule has 0 aromatic rings. The zero-order valence-electron chi connectivity index (χ0n) is 8.99. The Labute approximate surface area is 83.6 Å². The highest BCUT2D eigenvalue weighted by atomic mass is 16.6. The molecule has 0 aromatic carbocycles. The molecule has 4 nitrogen and oxygen atoms in total. The summed E-state index contributed by atoms with van der Waals surface area (Å²) < 4.78 is 9.52. The Morgan fingerprint density at radius 2 is 1.86 bits per heavy atom. The first-order valence-corrected chi connectivity index (χ1v) is 4.62. The average molecular weight is 200 g/mol. The highest BCUT2D eigenvalue weighted by Crippen LogP contribution is 2.38. The van der Waals surface area contributed by atoms with Crippen molar-refractivity contribution in [1.82, 2.24) is 0 Å². The molecule has 0 spiro atoms. The van der Waals surface area contributed by atoms with E-state index < -0.39 is 23.8 Å². The van der Waals surface area contributed by atoms with E-state index in [9.17, 15) is 9.59 Å². The fourth-order valence-electron chi connectivity index (χ4n) is 1.84. The van der Waals surface area contributed by atoms with E-state index in [0.717, 1.165) is 0 Å². The van der Waals surface area contributed by atoms with Gasteiger partial charge in [-0.05, 0) is 5.41 Å². The predicted octanol–water partition coefficient (Wildman–Crippen LogP) is 0.995. The highest BCUT2D eigenvalue weighted by Gasteiger charge is 2.49. The fourth-order valence-corrected chi connectivity index (χ4v) is 1.84. The van der Waals surface area contributed by atoms with E-state index in [1.807, 2.05) is 20.8 Å². The Balaban J connectivity index is 2.89. The minimum atomic E-state index is -0.461. The van der Waals surface area contributed by atoms with Gasteiger partial charge < -0.3 is 9.47 Å². The summed E-state index contributed by atoms with van der Waals surface area (Å²) in [6, 6.07) is 0. The lowest BCUT2D eigenvalue weighted by atomic mass is 9.74. The molecule has 14 heavy (non-hydrogen) atoms. The molecule has 2 unspecified atom stereocenters. The molecular weight excluding hydrogens is 184 g/mol. The Morgan fingerprint density at radius 1 is 1.29 bits per heavy atom. The average Bonchev–Trinajstić information content (AvgIpc) is 2.26. The molecule has 4 heteroatoms. The molecule has 0 aromatic heterocycles. The van der Waals surface area contributed by atoms with Crippen LogP contribution in [0.2, 0.25) is 0 Å². The van der Waals surface area contributed by atoms with Crippen molar-refractivity contribution in [3.8, 4) is 0 Å².